The third kappa shape index (κ3) is 6.86. The Kier molecular flexibility index (Phi) is 9.51. The standard InChI is InChI=1S/C31H35F3O3/c1-3-5-18-36-24-12-10-23(11-13-24)27-16-15-26(30(33)31(27)34)22-8-6-21(7-9-22)20-37-25-14-17-29(35-4-2)28(32)19-25/h6-9,14-17,19,23-24H,3-5,10-13,18,20H2,1-2H3. The van der Waals surface area contributed by atoms with Gasteiger partial charge in [-0.1, -0.05) is 49.7 Å². The van der Waals surface area contributed by atoms with Gasteiger partial charge < -0.3 is 14.2 Å². The molecule has 0 spiro atoms. The maximum atomic E-state index is 15.1. The Balaban J connectivity index is 1.37. The number of halogens is 3. The van der Waals surface area contributed by atoms with Crippen molar-refractivity contribution in [1.82, 2.24) is 0 Å². The van der Waals surface area contributed by atoms with Crippen LogP contribution in [0, 0.1) is 17.5 Å². The van der Waals surface area contributed by atoms with Gasteiger partial charge in [-0.3, -0.25) is 0 Å². The first kappa shape index (κ1) is 27.1. The van der Waals surface area contributed by atoms with E-state index in [-0.39, 0.29) is 29.9 Å². The SMILES string of the molecule is CCCCOC1CCC(c2ccc(-c3ccc(COc4ccc(OCC)c(F)c4)cc3)c(F)c2F)CC1. The highest BCUT2D eigenvalue weighted by molar-refractivity contribution is 5.65. The van der Waals surface area contributed by atoms with E-state index in [1.807, 2.05) is 0 Å². The van der Waals surface area contributed by atoms with Crippen LogP contribution < -0.4 is 9.47 Å². The van der Waals surface area contributed by atoms with Crippen molar-refractivity contribution in [3.63, 3.8) is 0 Å². The second kappa shape index (κ2) is 13.0. The lowest BCUT2D eigenvalue weighted by molar-refractivity contribution is 0.0230. The van der Waals surface area contributed by atoms with Crippen molar-refractivity contribution >= 4 is 0 Å². The van der Waals surface area contributed by atoms with E-state index in [0.717, 1.165) is 50.7 Å². The van der Waals surface area contributed by atoms with Gasteiger partial charge in [-0.25, -0.2) is 13.2 Å². The summed E-state index contributed by atoms with van der Waals surface area (Å²) in [6.45, 7) is 5.30. The Morgan fingerprint density at radius 2 is 1.57 bits per heavy atom. The van der Waals surface area contributed by atoms with Gasteiger partial charge in [0.2, 0.25) is 0 Å². The first-order chi connectivity index (χ1) is 18.0. The Labute approximate surface area is 217 Å². The smallest absolute Gasteiger partial charge is 0.168 e. The largest absolute Gasteiger partial charge is 0.491 e. The maximum absolute atomic E-state index is 15.1. The number of hydrogen-bond donors (Lipinski definition) is 0. The van der Waals surface area contributed by atoms with Gasteiger partial charge in [0.05, 0.1) is 12.7 Å². The Bertz CT molecular complexity index is 1160. The molecular formula is C31H35F3O3. The molecule has 0 radical (unpaired) electrons. The van der Waals surface area contributed by atoms with Crippen molar-refractivity contribution in [1.29, 1.82) is 0 Å². The molecule has 0 unspecified atom stereocenters. The van der Waals surface area contributed by atoms with Gasteiger partial charge in [0, 0.05) is 18.2 Å². The predicted molar refractivity (Wildman–Crippen MR) is 140 cm³/mol. The van der Waals surface area contributed by atoms with Crippen LogP contribution in [-0.2, 0) is 11.3 Å². The monoisotopic (exact) mass is 512 g/mol. The molecule has 3 aromatic carbocycles. The van der Waals surface area contributed by atoms with Gasteiger partial charge >= 0.3 is 0 Å². The van der Waals surface area contributed by atoms with Gasteiger partial charge in [-0.15, -0.1) is 0 Å². The fraction of sp³-hybridized carbons (Fsp3) is 0.419. The van der Waals surface area contributed by atoms with Gasteiger partial charge in [-0.05, 0) is 73.8 Å². The zero-order valence-electron chi connectivity index (χ0n) is 21.6. The summed E-state index contributed by atoms with van der Waals surface area (Å²) in [6.07, 6.45) is 5.75. The van der Waals surface area contributed by atoms with Crippen LogP contribution in [0.1, 0.15) is 69.4 Å². The minimum absolute atomic E-state index is 0.0153. The summed E-state index contributed by atoms with van der Waals surface area (Å²) in [5.74, 6) is -1.46. The predicted octanol–water partition coefficient (Wildman–Crippen LogP) is 8.59. The van der Waals surface area contributed by atoms with Gasteiger partial charge in [0.1, 0.15) is 12.4 Å². The van der Waals surface area contributed by atoms with Crippen molar-refractivity contribution in [2.24, 2.45) is 0 Å². The van der Waals surface area contributed by atoms with Crippen LogP contribution >= 0.6 is 0 Å². The van der Waals surface area contributed by atoms with Gasteiger partial charge in [-0.2, -0.15) is 0 Å². The van der Waals surface area contributed by atoms with Crippen LogP contribution in [0.25, 0.3) is 11.1 Å². The first-order valence-corrected chi connectivity index (χ1v) is 13.2. The lowest BCUT2D eigenvalue weighted by atomic mass is 9.82. The molecule has 0 aliphatic heterocycles. The zero-order chi connectivity index (χ0) is 26.2. The highest BCUT2D eigenvalue weighted by Crippen LogP contribution is 2.38. The minimum atomic E-state index is -0.812. The molecule has 0 bridgehead atoms. The second-order valence-electron chi connectivity index (χ2n) is 9.54. The second-order valence-corrected chi connectivity index (χ2v) is 9.54. The van der Waals surface area contributed by atoms with Crippen molar-refractivity contribution in [2.75, 3.05) is 13.2 Å². The highest BCUT2D eigenvalue weighted by Gasteiger charge is 2.27. The fourth-order valence-electron chi connectivity index (χ4n) is 4.83. The van der Waals surface area contributed by atoms with Crippen LogP contribution in [0.15, 0.2) is 54.6 Å². The number of benzene rings is 3. The van der Waals surface area contributed by atoms with E-state index < -0.39 is 17.5 Å². The average molecular weight is 513 g/mol. The fourth-order valence-corrected chi connectivity index (χ4v) is 4.83. The molecule has 0 N–H and O–H groups in total. The molecule has 0 aromatic heterocycles. The molecule has 0 amide bonds. The Hall–Kier alpha value is -2.99. The molecule has 198 valence electrons. The molecule has 1 aliphatic carbocycles. The van der Waals surface area contributed by atoms with E-state index in [0.29, 0.717) is 23.5 Å². The summed E-state index contributed by atoms with van der Waals surface area (Å²) in [5.41, 5.74) is 2.11. The lowest BCUT2D eigenvalue weighted by Crippen LogP contribution is -2.22. The summed E-state index contributed by atoms with van der Waals surface area (Å²) >= 11 is 0. The third-order valence-electron chi connectivity index (χ3n) is 6.95. The zero-order valence-corrected chi connectivity index (χ0v) is 21.6. The van der Waals surface area contributed by atoms with E-state index >= 15 is 8.78 Å². The summed E-state index contributed by atoms with van der Waals surface area (Å²) in [7, 11) is 0. The summed E-state index contributed by atoms with van der Waals surface area (Å²) in [5, 5.41) is 0. The summed E-state index contributed by atoms with van der Waals surface area (Å²) < 4.78 is 61.0. The molecule has 1 aliphatic rings. The Morgan fingerprint density at radius 3 is 2.24 bits per heavy atom. The minimum Gasteiger partial charge on any atom is -0.491 e. The van der Waals surface area contributed by atoms with E-state index in [1.54, 1.807) is 49.4 Å². The molecular weight excluding hydrogens is 477 g/mol. The van der Waals surface area contributed by atoms with E-state index in [9.17, 15) is 4.39 Å². The third-order valence-corrected chi connectivity index (χ3v) is 6.95. The number of unbranched alkanes of at least 4 members (excludes halogenated alkanes) is 1. The Morgan fingerprint density at radius 1 is 0.811 bits per heavy atom. The molecule has 0 saturated heterocycles. The van der Waals surface area contributed by atoms with Crippen molar-refractivity contribution in [3.05, 3.63) is 83.2 Å². The van der Waals surface area contributed by atoms with Crippen molar-refractivity contribution < 1.29 is 27.4 Å². The lowest BCUT2D eigenvalue weighted by Gasteiger charge is -2.29. The van der Waals surface area contributed by atoms with Crippen LogP contribution in [-0.4, -0.2) is 19.3 Å². The molecule has 0 atom stereocenters. The summed E-state index contributed by atoms with van der Waals surface area (Å²) in [6, 6.07) is 14.9. The molecule has 1 saturated carbocycles. The van der Waals surface area contributed by atoms with Crippen LogP contribution in [0.3, 0.4) is 0 Å². The molecule has 4 rings (SSSR count). The van der Waals surface area contributed by atoms with E-state index in [4.69, 9.17) is 14.2 Å². The van der Waals surface area contributed by atoms with Gasteiger partial charge in [0.25, 0.3) is 0 Å². The van der Waals surface area contributed by atoms with Crippen molar-refractivity contribution in [3.8, 4) is 22.6 Å². The molecule has 3 aromatic rings. The number of ether oxygens (including phenoxy) is 3. The van der Waals surface area contributed by atoms with Crippen LogP contribution in [0.4, 0.5) is 13.2 Å². The molecule has 0 heterocycles. The highest BCUT2D eigenvalue weighted by atomic mass is 19.2. The topological polar surface area (TPSA) is 27.7 Å². The number of rotatable bonds is 11. The molecule has 3 nitrogen and oxygen atoms in total. The molecule has 37 heavy (non-hydrogen) atoms. The summed E-state index contributed by atoms with van der Waals surface area (Å²) in [4.78, 5) is 0. The molecule has 1 fully saturated rings. The molecule has 6 heteroatoms. The van der Waals surface area contributed by atoms with E-state index in [1.165, 1.54) is 12.1 Å². The quantitative estimate of drug-likeness (QED) is 0.241. The maximum Gasteiger partial charge on any atom is 0.168 e. The van der Waals surface area contributed by atoms with Crippen LogP contribution in [0.5, 0.6) is 11.5 Å². The van der Waals surface area contributed by atoms with E-state index in [2.05, 4.69) is 6.92 Å². The first-order valence-electron chi connectivity index (χ1n) is 13.2. The number of hydrogen-bond acceptors (Lipinski definition) is 3. The van der Waals surface area contributed by atoms with Crippen molar-refractivity contribution in [2.45, 2.75) is 71.0 Å². The van der Waals surface area contributed by atoms with Gasteiger partial charge in [0.15, 0.2) is 23.2 Å². The average Bonchev–Trinajstić information content (AvgIpc) is 2.91. The van der Waals surface area contributed by atoms with Crippen LogP contribution in [0.2, 0.25) is 0 Å². The normalized spacial score (nSPS) is 17.5.